The predicted octanol–water partition coefficient (Wildman–Crippen LogP) is 2.50. The van der Waals surface area contributed by atoms with Gasteiger partial charge in [0, 0.05) is 4.91 Å². The molecule has 1 unspecified atom stereocenters. The monoisotopic (exact) mass is 204 g/mol. The van der Waals surface area contributed by atoms with Gasteiger partial charge >= 0.3 is 0 Å². The molecule has 1 atom stereocenters. The van der Waals surface area contributed by atoms with Crippen LogP contribution in [0.3, 0.4) is 0 Å². The van der Waals surface area contributed by atoms with E-state index in [1.807, 2.05) is 0 Å². The molecule has 0 bridgehead atoms. The number of carbonyl (C=O) groups is 1. The van der Waals surface area contributed by atoms with E-state index in [1.165, 1.54) is 0 Å². The molecule has 15 heavy (non-hydrogen) atoms. The molecule has 6 heteroatoms. The van der Waals surface area contributed by atoms with Gasteiger partial charge in [-0.1, -0.05) is 17.2 Å². The molecule has 0 saturated heterocycles. The summed E-state index contributed by atoms with van der Waals surface area (Å²) in [6.07, 6.45) is 0.915. The number of hydrogen-bond acceptors (Lipinski definition) is 4. The van der Waals surface area contributed by atoms with Crippen molar-refractivity contribution in [2.24, 2.45) is 10.3 Å². The van der Waals surface area contributed by atoms with E-state index < -0.39 is 6.04 Å². The second kappa shape index (κ2) is 5.51. The molecule has 76 valence electrons. The van der Waals surface area contributed by atoms with Gasteiger partial charge in [0.15, 0.2) is 0 Å². The lowest BCUT2D eigenvalue weighted by Crippen LogP contribution is -2.08. The van der Waals surface area contributed by atoms with Crippen molar-refractivity contribution in [3.05, 3.63) is 45.2 Å². The van der Waals surface area contributed by atoms with Crippen LogP contribution < -0.4 is 0 Å². The first-order valence-electron chi connectivity index (χ1n) is 4.22. The Morgan fingerprint density at radius 2 is 2.07 bits per heavy atom. The number of hydrogen-bond donors (Lipinski definition) is 0. The van der Waals surface area contributed by atoms with E-state index in [1.54, 1.807) is 24.3 Å². The highest BCUT2D eigenvalue weighted by Gasteiger charge is 2.05. The molecule has 0 aliphatic carbocycles. The Labute approximate surface area is 85.5 Å². The molecular formula is C9H8N4O2. The summed E-state index contributed by atoms with van der Waals surface area (Å²) in [6.45, 7) is 0. The summed E-state index contributed by atoms with van der Waals surface area (Å²) in [5.41, 5.74) is 9.31. The van der Waals surface area contributed by atoms with E-state index in [4.69, 9.17) is 5.53 Å². The molecule has 1 aromatic carbocycles. The maximum Gasteiger partial charge on any atom is 0.129 e. The molecule has 0 amide bonds. The number of azide groups is 1. The molecule has 0 heterocycles. The fourth-order valence-electron chi connectivity index (χ4n) is 1.12. The Balaban J connectivity index is 2.75. The van der Waals surface area contributed by atoms with Gasteiger partial charge in [-0.25, -0.2) is 0 Å². The van der Waals surface area contributed by atoms with Crippen LogP contribution in [-0.2, 0) is 11.2 Å². The SMILES string of the molecule is [N-]=[N+]=NC(C=O)Cc1ccc(N=O)cc1. The van der Waals surface area contributed by atoms with Crippen LogP contribution in [0.5, 0.6) is 0 Å². The van der Waals surface area contributed by atoms with Gasteiger partial charge in [0.2, 0.25) is 0 Å². The molecular weight excluding hydrogens is 196 g/mol. The number of nitrogens with zero attached hydrogens (tertiary/aromatic N) is 4. The van der Waals surface area contributed by atoms with Crippen molar-refractivity contribution in [3.8, 4) is 0 Å². The fraction of sp³-hybridized carbons (Fsp3) is 0.222. The molecule has 1 rings (SSSR count). The highest BCUT2D eigenvalue weighted by Crippen LogP contribution is 2.13. The number of carbonyl (C=O) groups excluding carboxylic acids is 1. The minimum Gasteiger partial charge on any atom is -0.303 e. The minimum atomic E-state index is -0.704. The first-order valence-corrected chi connectivity index (χ1v) is 4.22. The highest BCUT2D eigenvalue weighted by molar-refractivity contribution is 5.58. The fourth-order valence-corrected chi connectivity index (χ4v) is 1.12. The average molecular weight is 204 g/mol. The van der Waals surface area contributed by atoms with Crippen LogP contribution >= 0.6 is 0 Å². The second-order valence-electron chi connectivity index (χ2n) is 2.87. The molecule has 0 radical (unpaired) electrons. The lowest BCUT2D eigenvalue weighted by atomic mass is 10.1. The third-order valence-electron chi connectivity index (χ3n) is 1.84. The summed E-state index contributed by atoms with van der Waals surface area (Å²) >= 11 is 0. The Hall–Kier alpha value is -2.20. The van der Waals surface area contributed by atoms with Crippen molar-refractivity contribution in [1.29, 1.82) is 0 Å². The van der Waals surface area contributed by atoms with Crippen LogP contribution in [-0.4, -0.2) is 12.3 Å². The number of aldehydes is 1. The Bertz CT molecular complexity index is 395. The zero-order valence-electron chi connectivity index (χ0n) is 7.78. The Morgan fingerprint density at radius 3 is 2.53 bits per heavy atom. The first-order chi connectivity index (χ1) is 7.30. The zero-order chi connectivity index (χ0) is 11.1. The third kappa shape index (κ3) is 3.21. The molecule has 0 aliphatic heterocycles. The summed E-state index contributed by atoms with van der Waals surface area (Å²) < 4.78 is 0. The van der Waals surface area contributed by atoms with Gasteiger partial charge in [-0.15, -0.1) is 4.91 Å². The smallest absolute Gasteiger partial charge is 0.129 e. The van der Waals surface area contributed by atoms with Crippen molar-refractivity contribution < 1.29 is 4.79 Å². The summed E-state index contributed by atoms with van der Waals surface area (Å²) in [7, 11) is 0. The molecule has 0 N–H and O–H groups in total. The highest BCUT2D eigenvalue weighted by atomic mass is 16.3. The van der Waals surface area contributed by atoms with Crippen LogP contribution in [0.15, 0.2) is 34.6 Å². The summed E-state index contributed by atoms with van der Waals surface area (Å²) in [5, 5.41) is 6.05. The summed E-state index contributed by atoms with van der Waals surface area (Å²) in [4.78, 5) is 23.2. The van der Waals surface area contributed by atoms with E-state index in [0.29, 0.717) is 18.4 Å². The van der Waals surface area contributed by atoms with E-state index in [2.05, 4.69) is 15.2 Å². The zero-order valence-corrected chi connectivity index (χ0v) is 7.78. The predicted molar refractivity (Wildman–Crippen MR) is 54.6 cm³/mol. The normalized spacial score (nSPS) is 11.2. The van der Waals surface area contributed by atoms with Gasteiger partial charge in [-0.05, 0) is 34.8 Å². The molecule has 0 aromatic heterocycles. The van der Waals surface area contributed by atoms with Crippen molar-refractivity contribution in [2.75, 3.05) is 0 Å². The lowest BCUT2D eigenvalue weighted by molar-refractivity contribution is -0.108. The van der Waals surface area contributed by atoms with Crippen LogP contribution in [0.2, 0.25) is 0 Å². The molecule has 1 aromatic rings. The largest absolute Gasteiger partial charge is 0.303 e. The van der Waals surface area contributed by atoms with Gasteiger partial charge < -0.3 is 4.79 Å². The molecule has 6 nitrogen and oxygen atoms in total. The molecule has 0 spiro atoms. The molecule has 0 aliphatic rings. The van der Waals surface area contributed by atoms with Crippen LogP contribution in [0.25, 0.3) is 10.4 Å². The topological polar surface area (TPSA) is 95.3 Å². The maximum absolute atomic E-state index is 10.5. The lowest BCUT2D eigenvalue weighted by Gasteiger charge is -2.02. The molecule has 0 saturated carbocycles. The number of benzene rings is 1. The standard InChI is InChI=1S/C9H8N4O2/c10-13-11-9(6-14)5-7-1-3-8(12-15)4-2-7/h1-4,6,9H,5H2. The van der Waals surface area contributed by atoms with E-state index in [0.717, 1.165) is 5.56 Å². The van der Waals surface area contributed by atoms with Crippen LogP contribution in [0.1, 0.15) is 5.56 Å². The van der Waals surface area contributed by atoms with Crippen molar-refractivity contribution >= 4 is 12.0 Å². The van der Waals surface area contributed by atoms with E-state index in [9.17, 15) is 9.70 Å². The van der Waals surface area contributed by atoms with E-state index >= 15 is 0 Å². The van der Waals surface area contributed by atoms with Gasteiger partial charge in [0.25, 0.3) is 0 Å². The first kappa shape index (κ1) is 10.9. The number of nitroso groups, excluding NO2 is 1. The number of rotatable bonds is 5. The van der Waals surface area contributed by atoms with Gasteiger partial charge in [-0.3, -0.25) is 0 Å². The Morgan fingerprint density at radius 1 is 1.40 bits per heavy atom. The summed E-state index contributed by atoms with van der Waals surface area (Å²) in [5.74, 6) is 0. The molecule has 0 fully saturated rings. The third-order valence-corrected chi connectivity index (χ3v) is 1.84. The Kier molecular flexibility index (Phi) is 4.00. The minimum absolute atomic E-state index is 0.324. The van der Waals surface area contributed by atoms with Gasteiger partial charge in [0.05, 0.1) is 6.04 Å². The van der Waals surface area contributed by atoms with E-state index in [-0.39, 0.29) is 0 Å². The van der Waals surface area contributed by atoms with Crippen molar-refractivity contribution in [3.63, 3.8) is 0 Å². The quantitative estimate of drug-likeness (QED) is 0.242. The second-order valence-corrected chi connectivity index (χ2v) is 2.87. The average Bonchev–Trinajstić information content (AvgIpc) is 2.29. The van der Waals surface area contributed by atoms with Gasteiger partial charge in [-0.2, -0.15) is 0 Å². The van der Waals surface area contributed by atoms with Crippen molar-refractivity contribution in [2.45, 2.75) is 12.5 Å². The van der Waals surface area contributed by atoms with Crippen LogP contribution in [0.4, 0.5) is 5.69 Å². The van der Waals surface area contributed by atoms with Gasteiger partial charge in [0.1, 0.15) is 12.0 Å². The van der Waals surface area contributed by atoms with Crippen LogP contribution in [0, 0.1) is 4.91 Å². The summed E-state index contributed by atoms with van der Waals surface area (Å²) in [6, 6.07) is 5.71. The van der Waals surface area contributed by atoms with Crippen molar-refractivity contribution in [1.82, 2.24) is 0 Å². The maximum atomic E-state index is 10.5.